The number of sulfonamides is 1. The van der Waals surface area contributed by atoms with Crippen LogP contribution in [0.1, 0.15) is 36.1 Å². The Morgan fingerprint density at radius 3 is 2.48 bits per heavy atom. The summed E-state index contributed by atoms with van der Waals surface area (Å²) < 4.78 is 26.5. The van der Waals surface area contributed by atoms with Crippen molar-refractivity contribution in [3.8, 4) is 0 Å². The van der Waals surface area contributed by atoms with Crippen molar-refractivity contribution < 1.29 is 13.2 Å². The van der Waals surface area contributed by atoms with Gasteiger partial charge in [-0.1, -0.05) is 18.2 Å². The Bertz CT molecular complexity index is 942. The summed E-state index contributed by atoms with van der Waals surface area (Å²) in [5, 5.41) is 2.92. The Balaban J connectivity index is 1.71. The van der Waals surface area contributed by atoms with Gasteiger partial charge in [0.05, 0.1) is 18.0 Å². The molecule has 0 radical (unpaired) electrons. The minimum absolute atomic E-state index is 0.179. The van der Waals surface area contributed by atoms with E-state index in [9.17, 15) is 13.2 Å². The summed E-state index contributed by atoms with van der Waals surface area (Å²) in [7, 11) is -3.56. The number of hydrogen-bond acceptors (Lipinski definition) is 3. The second kappa shape index (κ2) is 8.18. The number of carbonyl (C=O) groups excluding carboxylic acids is 1. The number of carbonyl (C=O) groups is 1. The number of nitrogens with zero attached hydrogens (tertiary/aromatic N) is 1. The second-order valence-corrected chi connectivity index (χ2v) is 10.1. The molecule has 1 aliphatic carbocycles. The van der Waals surface area contributed by atoms with E-state index in [0.29, 0.717) is 5.69 Å². The normalized spacial score (nSPS) is 14.5. The fraction of sp³-hybridized carbons (Fsp3) is 0.350. The summed E-state index contributed by atoms with van der Waals surface area (Å²) in [6, 6.07) is 13.2. The van der Waals surface area contributed by atoms with Gasteiger partial charge in [-0.3, -0.25) is 9.10 Å². The van der Waals surface area contributed by atoms with Crippen LogP contribution in [0.5, 0.6) is 0 Å². The molecule has 0 aliphatic heterocycles. The number of anilines is 1. The molecule has 0 heterocycles. The van der Waals surface area contributed by atoms with Crippen LogP contribution >= 0.6 is 22.6 Å². The van der Waals surface area contributed by atoms with Crippen molar-refractivity contribution in [2.24, 2.45) is 0 Å². The van der Waals surface area contributed by atoms with E-state index in [1.54, 1.807) is 12.1 Å². The standard InChI is InChI=1S/C20H23IN2O3S/c1-14(16-7-6-15-4-3-5-17(15)12-16)22-20(24)13-23(27(2,25)26)19-10-8-18(21)9-11-19/h6-12,14H,3-5,13H2,1-2H3,(H,22,24)/t14-/m1/s1. The van der Waals surface area contributed by atoms with Gasteiger partial charge in [0.15, 0.2) is 0 Å². The van der Waals surface area contributed by atoms with Gasteiger partial charge in [-0.15, -0.1) is 0 Å². The van der Waals surface area contributed by atoms with Crippen molar-refractivity contribution >= 4 is 44.2 Å². The van der Waals surface area contributed by atoms with E-state index in [1.165, 1.54) is 17.5 Å². The zero-order chi connectivity index (χ0) is 19.6. The maximum atomic E-state index is 12.5. The van der Waals surface area contributed by atoms with Crippen LogP contribution in [0.15, 0.2) is 42.5 Å². The van der Waals surface area contributed by atoms with Crippen LogP contribution in [0.2, 0.25) is 0 Å². The van der Waals surface area contributed by atoms with Gasteiger partial charge in [-0.25, -0.2) is 8.42 Å². The van der Waals surface area contributed by atoms with Crippen LogP contribution in [-0.2, 0) is 27.7 Å². The highest BCUT2D eigenvalue weighted by Gasteiger charge is 2.22. The molecule has 0 saturated carbocycles. The summed E-state index contributed by atoms with van der Waals surface area (Å²) >= 11 is 2.15. The number of benzene rings is 2. The van der Waals surface area contributed by atoms with Crippen LogP contribution in [0, 0.1) is 3.57 Å². The van der Waals surface area contributed by atoms with E-state index >= 15 is 0 Å². The summed E-state index contributed by atoms with van der Waals surface area (Å²) in [6.45, 7) is 1.68. The first-order chi connectivity index (χ1) is 12.7. The third-order valence-corrected chi connectivity index (χ3v) is 6.66. The van der Waals surface area contributed by atoms with E-state index in [0.717, 1.165) is 32.5 Å². The van der Waals surface area contributed by atoms with Crippen molar-refractivity contribution in [2.45, 2.75) is 32.2 Å². The van der Waals surface area contributed by atoms with Crippen LogP contribution < -0.4 is 9.62 Å². The molecule has 0 unspecified atom stereocenters. The van der Waals surface area contributed by atoms with E-state index in [-0.39, 0.29) is 18.5 Å². The lowest BCUT2D eigenvalue weighted by Gasteiger charge is -2.23. The molecule has 1 amide bonds. The monoisotopic (exact) mass is 498 g/mol. The molecule has 2 aromatic carbocycles. The molecule has 0 fully saturated rings. The Hall–Kier alpha value is -1.61. The SMILES string of the molecule is C[C@@H](NC(=O)CN(c1ccc(I)cc1)S(C)(=O)=O)c1ccc2c(c1)CCC2. The highest BCUT2D eigenvalue weighted by molar-refractivity contribution is 14.1. The molecule has 1 N–H and O–H groups in total. The van der Waals surface area contributed by atoms with Gasteiger partial charge in [0.1, 0.15) is 6.54 Å². The minimum atomic E-state index is -3.56. The lowest BCUT2D eigenvalue weighted by molar-refractivity contribution is -0.120. The van der Waals surface area contributed by atoms with Crippen molar-refractivity contribution in [1.29, 1.82) is 0 Å². The van der Waals surface area contributed by atoms with E-state index in [2.05, 4.69) is 40.0 Å². The number of rotatable bonds is 6. The maximum Gasteiger partial charge on any atom is 0.241 e. The predicted octanol–water partition coefficient (Wildman–Crippen LogP) is 3.42. The molecule has 0 spiro atoms. The smallest absolute Gasteiger partial charge is 0.241 e. The molecule has 27 heavy (non-hydrogen) atoms. The molecule has 5 nitrogen and oxygen atoms in total. The Morgan fingerprint density at radius 2 is 1.81 bits per heavy atom. The van der Waals surface area contributed by atoms with Gasteiger partial charge in [0, 0.05) is 3.57 Å². The molecule has 7 heteroatoms. The number of amides is 1. The zero-order valence-corrected chi connectivity index (χ0v) is 18.4. The van der Waals surface area contributed by atoms with Gasteiger partial charge in [-0.2, -0.15) is 0 Å². The summed E-state index contributed by atoms with van der Waals surface area (Å²) in [5.41, 5.74) is 4.27. The zero-order valence-electron chi connectivity index (χ0n) is 15.4. The maximum absolute atomic E-state index is 12.5. The first-order valence-electron chi connectivity index (χ1n) is 8.88. The van der Waals surface area contributed by atoms with Gasteiger partial charge < -0.3 is 5.32 Å². The Morgan fingerprint density at radius 1 is 1.15 bits per heavy atom. The van der Waals surface area contributed by atoms with Gasteiger partial charge in [0.2, 0.25) is 15.9 Å². The van der Waals surface area contributed by atoms with E-state index in [4.69, 9.17) is 0 Å². The quantitative estimate of drug-likeness (QED) is 0.621. The second-order valence-electron chi connectivity index (χ2n) is 6.92. The van der Waals surface area contributed by atoms with Crippen molar-refractivity contribution in [2.75, 3.05) is 17.1 Å². The fourth-order valence-electron chi connectivity index (χ4n) is 3.37. The fourth-order valence-corrected chi connectivity index (χ4v) is 4.59. The number of hydrogen-bond donors (Lipinski definition) is 1. The molecular formula is C20H23IN2O3S. The lowest BCUT2D eigenvalue weighted by atomic mass is 10.0. The highest BCUT2D eigenvalue weighted by Crippen LogP contribution is 2.25. The average molecular weight is 498 g/mol. The minimum Gasteiger partial charge on any atom is -0.348 e. The molecule has 144 valence electrons. The number of nitrogens with one attached hydrogen (secondary N) is 1. The number of fused-ring (bicyclic) bond motifs is 1. The Kier molecular flexibility index (Phi) is 6.10. The molecule has 1 atom stereocenters. The van der Waals surface area contributed by atoms with Crippen LogP contribution in [0.25, 0.3) is 0 Å². The molecular weight excluding hydrogens is 475 g/mol. The van der Waals surface area contributed by atoms with Crippen molar-refractivity contribution in [1.82, 2.24) is 5.32 Å². The van der Waals surface area contributed by atoms with Crippen molar-refractivity contribution in [3.05, 3.63) is 62.7 Å². The van der Waals surface area contributed by atoms with E-state index < -0.39 is 10.0 Å². The number of aryl methyl sites for hydroxylation is 2. The number of halogens is 1. The van der Waals surface area contributed by atoms with E-state index in [1.807, 2.05) is 25.1 Å². The summed E-state index contributed by atoms with van der Waals surface area (Å²) in [4.78, 5) is 12.5. The third-order valence-electron chi connectivity index (χ3n) is 4.80. The van der Waals surface area contributed by atoms with Crippen LogP contribution in [0.3, 0.4) is 0 Å². The van der Waals surface area contributed by atoms with Gasteiger partial charge in [-0.05, 0) is 89.7 Å². The lowest BCUT2D eigenvalue weighted by Crippen LogP contribution is -2.41. The van der Waals surface area contributed by atoms with Gasteiger partial charge >= 0.3 is 0 Å². The van der Waals surface area contributed by atoms with Crippen LogP contribution in [-0.4, -0.2) is 27.1 Å². The summed E-state index contributed by atoms with van der Waals surface area (Å²) in [6.07, 6.45) is 4.50. The topological polar surface area (TPSA) is 66.5 Å². The Labute approximate surface area is 174 Å². The molecule has 1 aliphatic rings. The predicted molar refractivity (Wildman–Crippen MR) is 116 cm³/mol. The molecule has 2 aromatic rings. The largest absolute Gasteiger partial charge is 0.348 e. The average Bonchev–Trinajstić information content (AvgIpc) is 3.07. The molecule has 0 aromatic heterocycles. The van der Waals surface area contributed by atoms with Crippen LogP contribution in [0.4, 0.5) is 5.69 Å². The first kappa shape index (κ1) is 20.1. The molecule has 3 rings (SSSR count). The van der Waals surface area contributed by atoms with Gasteiger partial charge in [0.25, 0.3) is 0 Å². The molecule has 0 bridgehead atoms. The summed E-state index contributed by atoms with van der Waals surface area (Å²) in [5.74, 6) is -0.327. The van der Waals surface area contributed by atoms with Crippen molar-refractivity contribution in [3.63, 3.8) is 0 Å². The third kappa shape index (κ3) is 5.01. The molecule has 0 saturated heterocycles. The highest BCUT2D eigenvalue weighted by atomic mass is 127. The first-order valence-corrected chi connectivity index (χ1v) is 11.8.